The van der Waals surface area contributed by atoms with Crippen LogP contribution in [0.25, 0.3) is 0 Å². The maximum Gasteiger partial charge on any atom is 0.269 e. The minimum Gasteiger partial charge on any atom is -0.388 e. The van der Waals surface area contributed by atoms with Crippen molar-refractivity contribution in [2.75, 3.05) is 6.54 Å². The van der Waals surface area contributed by atoms with Gasteiger partial charge in [0.05, 0.1) is 17.4 Å². The summed E-state index contributed by atoms with van der Waals surface area (Å²) < 4.78 is 0. The molecule has 1 atom stereocenters. The molecule has 0 spiro atoms. The number of nitro benzene ring substituents is 1. The smallest absolute Gasteiger partial charge is 0.269 e. The Hall–Kier alpha value is -2.73. The second kappa shape index (κ2) is 8.05. The molecular formula is C17H18N2O4. The SMILES string of the molecule is O=C(Cc1ccc([N+](=O)[O-])cc1)NCCC(O)c1ccccc1. The highest BCUT2D eigenvalue weighted by Crippen LogP contribution is 2.15. The summed E-state index contributed by atoms with van der Waals surface area (Å²) in [4.78, 5) is 21.9. The molecule has 0 aliphatic carbocycles. The molecule has 0 heterocycles. The molecule has 0 aromatic heterocycles. The molecule has 0 fully saturated rings. The average molecular weight is 314 g/mol. The Bertz CT molecular complexity index is 656. The number of nitrogens with zero attached hydrogens (tertiary/aromatic N) is 1. The predicted molar refractivity (Wildman–Crippen MR) is 85.8 cm³/mol. The summed E-state index contributed by atoms with van der Waals surface area (Å²) in [6.07, 6.45) is -0.0361. The van der Waals surface area contributed by atoms with Crippen LogP contribution < -0.4 is 5.32 Å². The molecule has 2 aromatic rings. The molecule has 2 rings (SSSR count). The third-order valence-corrected chi connectivity index (χ3v) is 3.44. The fourth-order valence-corrected chi connectivity index (χ4v) is 2.17. The normalized spacial score (nSPS) is 11.7. The highest BCUT2D eigenvalue weighted by molar-refractivity contribution is 5.78. The number of carbonyl (C=O) groups is 1. The summed E-state index contributed by atoms with van der Waals surface area (Å²) >= 11 is 0. The van der Waals surface area contributed by atoms with Gasteiger partial charge in [-0.2, -0.15) is 0 Å². The van der Waals surface area contributed by atoms with Gasteiger partial charge in [-0.15, -0.1) is 0 Å². The van der Waals surface area contributed by atoms with Crippen LogP contribution in [0.2, 0.25) is 0 Å². The van der Waals surface area contributed by atoms with E-state index >= 15 is 0 Å². The maximum absolute atomic E-state index is 11.8. The number of benzene rings is 2. The number of aliphatic hydroxyl groups is 1. The van der Waals surface area contributed by atoms with Gasteiger partial charge in [0, 0.05) is 18.7 Å². The van der Waals surface area contributed by atoms with Crippen LogP contribution in [-0.2, 0) is 11.2 Å². The standard InChI is InChI=1S/C17H18N2O4/c20-16(14-4-2-1-3-5-14)10-11-18-17(21)12-13-6-8-15(9-7-13)19(22)23/h1-9,16,20H,10-12H2,(H,18,21). The van der Waals surface area contributed by atoms with E-state index in [0.717, 1.165) is 5.56 Å². The molecule has 23 heavy (non-hydrogen) atoms. The molecule has 0 radical (unpaired) electrons. The zero-order valence-corrected chi connectivity index (χ0v) is 12.5. The van der Waals surface area contributed by atoms with Gasteiger partial charge in [0.25, 0.3) is 5.69 Å². The lowest BCUT2D eigenvalue weighted by Gasteiger charge is -2.11. The first-order valence-corrected chi connectivity index (χ1v) is 7.29. The first kappa shape index (κ1) is 16.6. The number of nitrogens with one attached hydrogen (secondary N) is 1. The Balaban J connectivity index is 1.76. The topological polar surface area (TPSA) is 92.5 Å². The number of nitro groups is 1. The van der Waals surface area contributed by atoms with Crippen LogP contribution in [0.3, 0.4) is 0 Å². The summed E-state index contributed by atoms with van der Waals surface area (Å²) in [7, 11) is 0. The van der Waals surface area contributed by atoms with Crippen LogP contribution in [0.4, 0.5) is 5.69 Å². The Morgan fingerprint density at radius 1 is 1.13 bits per heavy atom. The van der Waals surface area contributed by atoms with Gasteiger partial charge in [0.15, 0.2) is 0 Å². The maximum atomic E-state index is 11.8. The molecule has 0 saturated carbocycles. The number of hydrogen-bond donors (Lipinski definition) is 2. The van der Waals surface area contributed by atoms with Crippen molar-refractivity contribution in [3.05, 3.63) is 75.8 Å². The van der Waals surface area contributed by atoms with Crippen molar-refractivity contribution < 1.29 is 14.8 Å². The van der Waals surface area contributed by atoms with Gasteiger partial charge in [-0.1, -0.05) is 42.5 Å². The van der Waals surface area contributed by atoms with Crippen molar-refractivity contribution in [3.63, 3.8) is 0 Å². The summed E-state index contributed by atoms with van der Waals surface area (Å²) in [5, 5.41) is 23.3. The summed E-state index contributed by atoms with van der Waals surface area (Å²) in [6, 6.07) is 15.1. The third kappa shape index (κ3) is 5.19. The van der Waals surface area contributed by atoms with Crippen LogP contribution in [-0.4, -0.2) is 22.5 Å². The molecule has 0 bridgehead atoms. The zero-order chi connectivity index (χ0) is 16.7. The number of hydrogen-bond acceptors (Lipinski definition) is 4. The van der Waals surface area contributed by atoms with Gasteiger partial charge in [0.1, 0.15) is 0 Å². The quantitative estimate of drug-likeness (QED) is 0.606. The number of non-ortho nitro benzene ring substituents is 1. The van der Waals surface area contributed by atoms with E-state index < -0.39 is 11.0 Å². The number of amides is 1. The minimum absolute atomic E-state index is 0.000131. The highest BCUT2D eigenvalue weighted by atomic mass is 16.6. The van der Waals surface area contributed by atoms with Crippen LogP contribution in [0, 0.1) is 10.1 Å². The molecule has 6 nitrogen and oxygen atoms in total. The lowest BCUT2D eigenvalue weighted by atomic mass is 10.1. The van der Waals surface area contributed by atoms with E-state index in [2.05, 4.69) is 5.32 Å². The summed E-state index contributed by atoms with van der Waals surface area (Å²) in [5.41, 5.74) is 1.52. The van der Waals surface area contributed by atoms with E-state index in [9.17, 15) is 20.0 Å². The van der Waals surface area contributed by atoms with Crippen molar-refractivity contribution in [2.24, 2.45) is 0 Å². The second-order valence-electron chi connectivity index (χ2n) is 5.17. The average Bonchev–Trinajstić information content (AvgIpc) is 2.56. The van der Waals surface area contributed by atoms with Crippen molar-refractivity contribution in [2.45, 2.75) is 18.9 Å². The van der Waals surface area contributed by atoms with Crippen LogP contribution in [0.1, 0.15) is 23.7 Å². The first-order chi connectivity index (χ1) is 11.1. The van der Waals surface area contributed by atoms with E-state index in [1.807, 2.05) is 30.3 Å². The third-order valence-electron chi connectivity index (χ3n) is 3.44. The Kier molecular flexibility index (Phi) is 5.82. The van der Waals surface area contributed by atoms with E-state index in [1.165, 1.54) is 12.1 Å². The molecule has 2 N–H and O–H groups in total. The zero-order valence-electron chi connectivity index (χ0n) is 12.5. The second-order valence-corrected chi connectivity index (χ2v) is 5.17. The van der Waals surface area contributed by atoms with E-state index in [0.29, 0.717) is 18.5 Å². The Morgan fingerprint density at radius 3 is 2.39 bits per heavy atom. The Labute approximate surface area is 133 Å². The van der Waals surface area contributed by atoms with Gasteiger partial charge in [-0.25, -0.2) is 0 Å². The predicted octanol–water partition coefficient (Wildman–Crippen LogP) is 2.38. The Morgan fingerprint density at radius 2 is 1.78 bits per heavy atom. The molecule has 120 valence electrons. The lowest BCUT2D eigenvalue weighted by Crippen LogP contribution is -2.27. The van der Waals surface area contributed by atoms with E-state index in [-0.39, 0.29) is 18.0 Å². The fraction of sp³-hybridized carbons (Fsp3) is 0.235. The van der Waals surface area contributed by atoms with Crippen molar-refractivity contribution in [1.29, 1.82) is 0 Å². The molecule has 2 aromatic carbocycles. The molecule has 0 aliphatic rings. The van der Waals surface area contributed by atoms with E-state index in [1.54, 1.807) is 12.1 Å². The van der Waals surface area contributed by atoms with E-state index in [4.69, 9.17) is 0 Å². The number of rotatable bonds is 7. The highest BCUT2D eigenvalue weighted by Gasteiger charge is 2.09. The number of aliphatic hydroxyl groups excluding tert-OH is 1. The number of carbonyl (C=O) groups excluding carboxylic acids is 1. The monoisotopic (exact) mass is 314 g/mol. The molecule has 0 aliphatic heterocycles. The van der Waals surface area contributed by atoms with Gasteiger partial charge < -0.3 is 10.4 Å². The van der Waals surface area contributed by atoms with Crippen molar-refractivity contribution in [1.82, 2.24) is 5.32 Å². The van der Waals surface area contributed by atoms with Crippen molar-refractivity contribution in [3.8, 4) is 0 Å². The van der Waals surface area contributed by atoms with Gasteiger partial charge in [0.2, 0.25) is 5.91 Å². The van der Waals surface area contributed by atoms with Crippen LogP contribution in [0.15, 0.2) is 54.6 Å². The molecule has 6 heteroatoms. The summed E-state index contributed by atoms with van der Waals surface area (Å²) in [6.45, 7) is 0.363. The van der Waals surface area contributed by atoms with Gasteiger partial charge >= 0.3 is 0 Å². The lowest BCUT2D eigenvalue weighted by molar-refractivity contribution is -0.384. The summed E-state index contributed by atoms with van der Waals surface area (Å²) in [5.74, 6) is -0.181. The van der Waals surface area contributed by atoms with Gasteiger partial charge in [-0.3, -0.25) is 14.9 Å². The van der Waals surface area contributed by atoms with Gasteiger partial charge in [-0.05, 0) is 17.5 Å². The largest absolute Gasteiger partial charge is 0.388 e. The van der Waals surface area contributed by atoms with Crippen molar-refractivity contribution >= 4 is 11.6 Å². The first-order valence-electron chi connectivity index (χ1n) is 7.29. The molecule has 1 amide bonds. The molecular weight excluding hydrogens is 296 g/mol. The van der Waals surface area contributed by atoms with Crippen LogP contribution >= 0.6 is 0 Å². The van der Waals surface area contributed by atoms with Crippen LogP contribution in [0.5, 0.6) is 0 Å². The minimum atomic E-state index is -0.615. The fourth-order valence-electron chi connectivity index (χ4n) is 2.17. The molecule has 1 unspecified atom stereocenters. The molecule has 0 saturated heterocycles.